The molecule has 0 heterocycles. The maximum atomic E-state index is 13.3. The highest BCUT2D eigenvalue weighted by atomic mass is 19.1. The second-order valence-electron chi connectivity index (χ2n) is 3.88. The first-order valence-corrected chi connectivity index (χ1v) is 5.82. The summed E-state index contributed by atoms with van der Waals surface area (Å²) >= 11 is 0. The molecule has 0 aliphatic heterocycles. The minimum absolute atomic E-state index is 0.320. The van der Waals surface area contributed by atoms with Crippen molar-refractivity contribution < 1.29 is 14.0 Å². The van der Waals surface area contributed by atoms with E-state index >= 15 is 0 Å². The number of rotatable bonds is 5. The van der Waals surface area contributed by atoms with Gasteiger partial charge < -0.3 is 9.57 Å². The minimum Gasteiger partial charge on any atom is -0.497 e. The van der Waals surface area contributed by atoms with Crippen LogP contribution in [-0.2, 0) is 11.4 Å². The molecule has 0 amide bonds. The molecular formula is C15H14FNO2. The van der Waals surface area contributed by atoms with Gasteiger partial charge in [0.2, 0.25) is 0 Å². The third kappa shape index (κ3) is 3.81. The van der Waals surface area contributed by atoms with E-state index < -0.39 is 0 Å². The molecule has 0 atom stereocenters. The molecule has 3 nitrogen and oxygen atoms in total. The van der Waals surface area contributed by atoms with E-state index in [4.69, 9.17) is 9.57 Å². The van der Waals surface area contributed by atoms with Gasteiger partial charge in [-0.25, -0.2) is 4.39 Å². The van der Waals surface area contributed by atoms with Gasteiger partial charge in [0.05, 0.1) is 13.3 Å². The summed E-state index contributed by atoms with van der Waals surface area (Å²) < 4.78 is 18.3. The molecule has 0 unspecified atom stereocenters. The molecule has 0 saturated heterocycles. The maximum Gasteiger partial charge on any atom is 0.142 e. The van der Waals surface area contributed by atoms with E-state index in [0.717, 1.165) is 11.3 Å². The summed E-state index contributed by atoms with van der Waals surface area (Å²) in [4.78, 5) is 5.11. The zero-order valence-electron chi connectivity index (χ0n) is 10.5. The van der Waals surface area contributed by atoms with E-state index in [1.54, 1.807) is 25.3 Å². The first-order valence-electron chi connectivity index (χ1n) is 5.82. The van der Waals surface area contributed by atoms with E-state index in [1.165, 1.54) is 12.3 Å². The van der Waals surface area contributed by atoms with Crippen LogP contribution in [0, 0.1) is 5.82 Å². The van der Waals surface area contributed by atoms with Gasteiger partial charge in [-0.15, -0.1) is 0 Å². The maximum absolute atomic E-state index is 13.3. The number of methoxy groups -OCH3 is 1. The highest BCUT2D eigenvalue weighted by Crippen LogP contribution is 2.12. The molecule has 0 bridgehead atoms. The Morgan fingerprint density at radius 2 is 1.84 bits per heavy atom. The fourth-order valence-electron chi connectivity index (χ4n) is 1.51. The normalized spacial score (nSPS) is 10.6. The standard InChI is InChI=1S/C15H14FNO2/c1-18-14-8-6-12(7-9-14)11-19-17-10-13-4-2-3-5-15(13)16/h2-10H,11H2,1H3. The van der Waals surface area contributed by atoms with Crippen LogP contribution in [0.5, 0.6) is 5.75 Å². The number of hydrogen-bond donors (Lipinski definition) is 0. The Hall–Kier alpha value is -2.36. The van der Waals surface area contributed by atoms with E-state index in [-0.39, 0.29) is 5.82 Å². The second kappa shape index (κ2) is 6.54. The van der Waals surface area contributed by atoms with Gasteiger partial charge in [0, 0.05) is 5.56 Å². The number of oxime groups is 1. The molecule has 0 aliphatic rings. The van der Waals surface area contributed by atoms with Gasteiger partial charge in [0.25, 0.3) is 0 Å². The Morgan fingerprint density at radius 1 is 1.11 bits per heavy atom. The van der Waals surface area contributed by atoms with Gasteiger partial charge in [-0.2, -0.15) is 0 Å². The van der Waals surface area contributed by atoms with Crippen LogP contribution in [0.2, 0.25) is 0 Å². The molecule has 19 heavy (non-hydrogen) atoms. The van der Waals surface area contributed by atoms with E-state index in [2.05, 4.69) is 5.16 Å². The van der Waals surface area contributed by atoms with Crippen LogP contribution < -0.4 is 4.74 Å². The summed E-state index contributed by atoms with van der Waals surface area (Å²) in [5.41, 5.74) is 1.36. The lowest BCUT2D eigenvalue weighted by molar-refractivity contribution is 0.132. The Labute approximate surface area is 111 Å². The average molecular weight is 259 g/mol. The Morgan fingerprint density at radius 3 is 2.53 bits per heavy atom. The van der Waals surface area contributed by atoms with Crippen molar-refractivity contribution in [3.05, 3.63) is 65.5 Å². The predicted molar refractivity (Wildman–Crippen MR) is 71.8 cm³/mol. The van der Waals surface area contributed by atoms with Crippen molar-refractivity contribution in [1.82, 2.24) is 0 Å². The number of hydrogen-bond acceptors (Lipinski definition) is 3. The topological polar surface area (TPSA) is 30.8 Å². The summed E-state index contributed by atoms with van der Waals surface area (Å²) in [7, 11) is 1.62. The summed E-state index contributed by atoms with van der Waals surface area (Å²) in [6.45, 7) is 0.328. The van der Waals surface area contributed by atoms with Crippen LogP contribution in [0.1, 0.15) is 11.1 Å². The molecule has 2 aromatic rings. The average Bonchev–Trinajstić information content (AvgIpc) is 2.46. The van der Waals surface area contributed by atoms with Crippen molar-refractivity contribution in [2.75, 3.05) is 7.11 Å². The van der Waals surface area contributed by atoms with Gasteiger partial charge in [0.1, 0.15) is 18.2 Å². The van der Waals surface area contributed by atoms with Crippen LogP contribution in [0.4, 0.5) is 4.39 Å². The van der Waals surface area contributed by atoms with Gasteiger partial charge >= 0.3 is 0 Å². The van der Waals surface area contributed by atoms with Gasteiger partial charge in [-0.1, -0.05) is 35.5 Å². The summed E-state index contributed by atoms with van der Waals surface area (Å²) in [5.74, 6) is 0.470. The van der Waals surface area contributed by atoms with E-state index in [9.17, 15) is 4.39 Å². The molecule has 0 N–H and O–H groups in total. The van der Waals surface area contributed by atoms with Gasteiger partial charge in [0.15, 0.2) is 0 Å². The molecule has 0 aromatic heterocycles. The molecule has 2 aromatic carbocycles. The smallest absolute Gasteiger partial charge is 0.142 e. The number of benzene rings is 2. The lowest BCUT2D eigenvalue weighted by Crippen LogP contribution is -1.91. The summed E-state index contributed by atoms with van der Waals surface area (Å²) in [5, 5.41) is 3.74. The zero-order valence-corrected chi connectivity index (χ0v) is 10.5. The molecule has 0 fully saturated rings. The first kappa shape index (κ1) is 13.1. The van der Waals surface area contributed by atoms with Gasteiger partial charge in [-0.3, -0.25) is 0 Å². The van der Waals surface area contributed by atoms with Crippen molar-refractivity contribution >= 4 is 6.21 Å². The lowest BCUT2D eigenvalue weighted by atomic mass is 10.2. The highest BCUT2D eigenvalue weighted by Gasteiger charge is 1.97. The van der Waals surface area contributed by atoms with Crippen molar-refractivity contribution in [1.29, 1.82) is 0 Å². The van der Waals surface area contributed by atoms with Crippen molar-refractivity contribution in [3.63, 3.8) is 0 Å². The third-order valence-electron chi connectivity index (χ3n) is 2.56. The fourth-order valence-corrected chi connectivity index (χ4v) is 1.51. The van der Waals surface area contributed by atoms with E-state index in [0.29, 0.717) is 12.2 Å². The SMILES string of the molecule is COc1ccc(CON=Cc2ccccc2F)cc1. The predicted octanol–water partition coefficient (Wildman–Crippen LogP) is 3.39. The van der Waals surface area contributed by atoms with Crippen LogP contribution in [0.15, 0.2) is 53.7 Å². The van der Waals surface area contributed by atoms with Crippen molar-refractivity contribution in [2.45, 2.75) is 6.61 Å². The van der Waals surface area contributed by atoms with E-state index in [1.807, 2.05) is 24.3 Å². The molecule has 0 saturated carbocycles. The zero-order chi connectivity index (χ0) is 13.5. The van der Waals surface area contributed by atoms with Crippen molar-refractivity contribution in [2.24, 2.45) is 5.16 Å². The quantitative estimate of drug-likeness (QED) is 0.608. The Kier molecular flexibility index (Phi) is 4.50. The van der Waals surface area contributed by atoms with Crippen LogP contribution in [0.25, 0.3) is 0 Å². The molecule has 0 radical (unpaired) electrons. The Bertz CT molecular complexity index is 552. The van der Waals surface area contributed by atoms with Crippen LogP contribution in [-0.4, -0.2) is 13.3 Å². The highest BCUT2D eigenvalue weighted by molar-refractivity contribution is 5.79. The molecule has 98 valence electrons. The minimum atomic E-state index is -0.320. The van der Waals surface area contributed by atoms with Crippen molar-refractivity contribution in [3.8, 4) is 5.75 Å². The molecule has 2 rings (SSSR count). The third-order valence-corrected chi connectivity index (χ3v) is 2.56. The van der Waals surface area contributed by atoms with Crippen LogP contribution in [0.3, 0.4) is 0 Å². The first-order chi connectivity index (χ1) is 9.29. The number of ether oxygens (including phenoxy) is 1. The molecule has 4 heteroatoms. The van der Waals surface area contributed by atoms with Crippen LogP contribution >= 0.6 is 0 Å². The number of halogens is 1. The largest absolute Gasteiger partial charge is 0.497 e. The lowest BCUT2D eigenvalue weighted by Gasteiger charge is -2.02. The second-order valence-corrected chi connectivity index (χ2v) is 3.88. The Balaban J connectivity index is 1.87. The summed E-state index contributed by atoms with van der Waals surface area (Å²) in [6, 6.07) is 13.9. The summed E-state index contributed by atoms with van der Waals surface area (Å²) in [6.07, 6.45) is 1.36. The fraction of sp³-hybridized carbons (Fsp3) is 0.133. The monoisotopic (exact) mass is 259 g/mol. The molecule has 0 spiro atoms. The number of nitrogens with zero attached hydrogens (tertiary/aromatic N) is 1. The molecular weight excluding hydrogens is 245 g/mol. The van der Waals surface area contributed by atoms with Gasteiger partial charge in [-0.05, 0) is 23.8 Å². The molecule has 0 aliphatic carbocycles.